The molecular formula is C22H42O5. The molecule has 0 bridgehead atoms. The van der Waals surface area contributed by atoms with Gasteiger partial charge in [0.05, 0.1) is 17.8 Å². The van der Waals surface area contributed by atoms with E-state index in [4.69, 9.17) is 5.11 Å². The maximum Gasteiger partial charge on any atom is 0.303 e. The van der Waals surface area contributed by atoms with Crippen molar-refractivity contribution in [1.82, 2.24) is 0 Å². The summed E-state index contributed by atoms with van der Waals surface area (Å²) in [6.07, 6.45) is 11.2. The third-order valence-corrected chi connectivity index (χ3v) is 6.29. The van der Waals surface area contributed by atoms with E-state index in [0.29, 0.717) is 12.8 Å². The molecule has 1 saturated carbocycles. The molecule has 160 valence electrons. The van der Waals surface area contributed by atoms with Gasteiger partial charge in [0.25, 0.3) is 0 Å². The molecule has 0 radical (unpaired) electrons. The highest BCUT2D eigenvalue weighted by molar-refractivity contribution is 5.66. The Balaban J connectivity index is 2.40. The Morgan fingerprint density at radius 1 is 0.926 bits per heavy atom. The lowest BCUT2D eigenvalue weighted by Gasteiger charge is -2.37. The van der Waals surface area contributed by atoms with Crippen LogP contribution in [-0.2, 0) is 4.79 Å². The summed E-state index contributed by atoms with van der Waals surface area (Å²) in [4.78, 5) is 10.5. The number of carboxylic acid groups (broad SMARTS) is 1. The summed E-state index contributed by atoms with van der Waals surface area (Å²) in [7, 11) is 0. The molecule has 0 spiro atoms. The summed E-state index contributed by atoms with van der Waals surface area (Å²) >= 11 is 0. The van der Waals surface area contributed by atoms with Crippen molar-refractivity contribution in [2.45, 2.75) is 122 Å². The average Bonchev–Trinajstić information content (AvgIpc) is 2.87. The third kappa shape index (κ3) is 8.93. The second kappa shape index (κ2) is 12.7. The van der Waals surface area contributed by atoms with E-state index in [9.17, 15) is 20.1 Å². The molecule has 0 aromatic rings. The fourth-order valence-corrected chi connectivity index (χ4v) is 4.78. The number of rotatable bonds is 15. The van der Waals surface area contributed by atoms with Crippen LogP contribution in [0.1, 0.15) is 104 Å². The molecule has 1 aliphatic rings. The van der Waals surface area contributed by atoms with Gasteiger partial charge in [-0.25, -0.2) is 0 Å². The summed E-state index contributed by atoms with van der Waals surface area (Å²) in [5, 5.41) is 40.5. The molecule has 5 atom stereocenters. The molecule has 0 saturated heterocycles. The van der Waals surface area contributed by atoms with Gasteiger partial charge >= 0.3 is 5.97 Å². The van der Waals surface area contributed by atoms with Gasteiger partial charge in [-0.1, -0.05) is 64.7 Å². The average molecular weight is 387 g/mol. The minimum Gasteiger partial charge on any atom is -0.481 e. The molecule has 5 heteroatoms. The number of aliphatic carboxylic acids is 1. The molecule has 0 aromatic heterocycles. The van der Waals surface area contributed by atoms with Crippen molar-refractivity contribution in [3.63, 3.8) is 0 Å². The summed E-state index contributed by atoms with van der Waals surface area (Å²) in [6, 6.07) is 0. The van der Waals surface area contributed by atoms with Gasteiger partial charge in [0.2, 0.25) is 0 Å². The SMILES string of the molecule is CCCCCCCC(C)(O)[C@H]1[C@H](CCCCCCCC(=O)O)C(O)C[C@@H]1O. The first-order valence-electron chi connectivity index (χ1n) is 11.1. The lowest BCUT2D eigenvalue weighted by atomic mass is 9.75. The highest BCUT2D eigenvalue weighted by Gasteiger charge is 2.49. The molecule has 0 heterocycles. The molecular weight excluding hydrogens is 344 g/mol. The van der Waals surface area contributed by atoms with Gasteiger partial charge in [-0.2, -0.15) is 0 Å². The van der Waals surface area contributed by atoms with E-state index in [1.54, 1.807) is 0 Å². The van der Waals surface area contributed by atoms with Gasteiger partial charge in [0, 0.05) is 12.3 Å². The number of unbranched alkanes of at least 4 members (excludes halogenated alkanes) is 8. The Labute approximate surface area is 165 Å². The predicted octanol–water partition coefficient (Wildman–Crippen LogP) is 4.27. The van der Waals surface area contributed by atoms with Gasteiger partial charge < -0.3 is 20.4 Å². The van der Waals surface area contributed by atoms with Crippen molar-refractivity contribution in [2.24, 2.45) is 11.8 Å². The second-order valence-electron chi connectivity index (χ2n) is 8.78. The van der Waals surface area contributed by atoms with Crippen LogP contribution in [0.2, 0.25) is 0 Å². The Kier molecular flexibility index (Phi) is 11.5. The maximum atomic E-state index is 11.0. The second-order valence-corrected chi connectivity index (χ2v) is 8.78. The molecule has 2 unspecified atom stereocenters. The summed E-state index contributed by atoms with van der Waals surface area (Å²) in [5.41, 5.74) is -0.935. The molecule has 0 aromatic carbocycles. The lowest BCUT2D eigenvalue weighted by Crippen LogP contribution is -2.43. The van der Waals surface area contributed by atoms with Crippen molar-refractivity contribution in [3.8, 4) is 0 Å². The highest BCUT2D eigenvalue weighted by atomic mass is 16.4. The first-order chi connectivity index (χ1) is 12.8. The Morgan fingerprint density at radius 2 is 1.52 bits per heavy atom. The van der Waals surface area contributed by atoms with Crippen LogP contribution in [0.15, 0.2) is 0 Å². The quantitative estimate of drug-likeness (QED) is 0.315. The van der Waals surface area contributed by atoms with Crippen LogP contribution >= 0.6 is 0 Å². The monoisotopic (exact) mass is 386 g/mol. The number of carboxylic acids is 1. The van der Waals surface area contributed by atoms with Crippen LogP contribution in [0, 0.1) is 11.8 Å². The Bertz CT molecular complexity index is 410. The van der Waals surface area contributed by atoms with E-state index < -0.39 is 23.8 Å². The van der Waals surface area contributed by atoms with E-state index in [1.165, 1.54) is 19.3 Å². The number of aliphatic hydroxyl groups is 3. The van der Waals surface area contributed by atoms with Gasteiger partial charge in [0.1, 0.15) is 0 Å². The summed E-state index contributed by atoms with van der Waals surface area (Å²) in [5.74, 6) is -1.05. The topological polar surface area (TPSA) is 98.0 Å². The van der Waals surface area contributed by atoms with Crippen molar-refractivity contribution >= 4 is 5.97 Å². The van der Waals surface area contributed by atoms with Crippen LogP contribution in [0.4, 0.5) is 0 Å². The van der Waals surface area contributed by atoms with Crippen LogP contribution in [0.25, 0.3) is 0 Å². The first-order valence-corrected chi connectivity index (χ1v) is 11.1. The van der Waals surface area contributed by atoms with Gasteiger partial charge in [-0.05, 0) is 38.5 Å². The zero-order valence-electron chi connectivity index (χ0n) is 17.4. The largest absolute Gasteiger partial charge is 0.481 e. The molecule has 0 amide bonds. The number of hydrogen-bond acceptors (Lipinski definition) is 4. The molecule has 1 rings (SSSR count). The van der Waals surface area contributed by atoms with Crippen molar-refractivity contribution in [2.75, 3.05) is 0 Å². The smallest absolute Gasteiger partial charge is 0.303 e. The fourth-order valence-electron chi connectivity index (χ4n) is 4.78. The summed E-state index contributed by atoms with van der Waals surface area (Å²) < 4.78 is 0. The van der Waals surface area contributed by atoms with Crippen LogP contribution < -0.4 is 0 Å². The number of carbonyl (C=O) groups is 1. The molecule has 5 nitrogen and oxygen atoms in total. The number of aliphatic hydroxyl groups excluding tert-OH is 2. The van der Waals surface area contributed by atoms with Gasteiger partial charge in [-0.3, -0.25) is 4.79 Å². The standard InChI is InChI=1S/C22H42O5/c1-3-4-5-9-12-15-22(2,27)21-17(18(23)16-19(21)24)13-10-7-6-8-11-14-20(25)26/h17-19,21,23-24,27H,3-16H2,1-2H3,(H,25,26)/t17-,18?,19+,21+,22?/m1/s1. The maximum absolute atomic E-state index is 11.0. The number of hydrogen-bond donors (Lipinski definition) is 4. The molecule has 27 heavy (non-hydrogen) atoms. The van der Waals surface area contributed by atoms with E-state index in [1.807, 2.05) is 6.92 Å². The molecule has 0 aliphatic heterocycles. The van der Waals surface area contributed by atoms with E-state index >= 15 is 0 Å². The van der Waals surface area contributed by atoms with E-state index in [-0.39, 0.29) is 18.3 Å². The normalized spacial score (nSPS) is 27.6. The minimum absolute atomic E-state index is 0.0512. The fraction of sp³-hybridized carbons (Fsp3) is 0.955. The first kappa shape index (κ1) is 24.4. The molecule has 1 fully saturated rings. The van der Waals surface area contributed by atoms with E-state index in [2.05, 4.69) is 6.92 Å². The van der Waals surface area contributed by atoms with E-state index in [0.717, 1.165) is 51.4 Å². The molecule has 1 aliphatic carbocycles. The van der Waals surface area contributed by atoms with Crippen molar-refractivity contribution in [3.05, 3.63) is 0 Å². The van der Waals surface area contributed by atoms with Crippen LogP contribution in [0.5, 0.6) is 0 Å². The molecule has 4 N–H and O–H groups in total. The minimum atomic E-state index is -0.935. The predicted molar refractivity (Wildman–Crippen MR) is 108 cm³/mol. The van der Waals surface area contributed by atoms with Crippen molar-refractivity contribution in [1.29, 1.82) is 0 Å². The third-order valence-electron chi connectivity index (χ3n) is 6.29. The van der Waals surface area contributed by atoms with Crippen molar-refractivity contribution < 1.29 is 25.2 Å². The van der Waals surface area contributed by atoms with Gasteiger partial charge in [-0.15, -0.1) is 0 Å². The van der Waals surface area contributed by atoms with Gasteiger partial charge in [0.15, 0.2) is 0 Å². The van der Waals surface area contributed by atoms with Crippen LogP contribution in [0.3, 0.4) is 0 Å². The summed E-state index contributed by atoms with van der Waals surface area (Å²) in [6.45, 7) is 4.01. The highest BCUT2D eigenvalue weighted by Crippen LogP contribution is 2.44. The van der Waals surface area contributed by atoms with Crippen LogP contribution in [-0.4, -0.2) is 44.2 Å². The Hall–Kier alpha value is -0.650. The Morgan fingerprint density at radius 3 is 2.19 bits per heavy atom. The lowest BCUT2D eigenvalue weighted by molar-refractivity contribution is -0.137. The zero-order chi connectivity index (χ0) is 20.3. The zero-order valence-corrected chi connectivity index (χ0v) is 17.4.